The minimum absolute atomic E-state index is 0.120. The quantitative estimate of drug-likeness (QED) is 0.385. The summed E-state index contributed by atoms with van der Waals surface area (Å²) in [5.74, 6) is -2.42. The van der Waals surface area contributed by atoms with E-state index in [9.17, 15) is 24.3 Å². The number of ketones is 1. The van der Waals surface area contributed by atoms with Gasteiger partial charge < -0.3 is 25.8 Å². The zero-order chi connectivity index (χ0) is 28.4. The maximum Gasteiger partial charge on any atom is 0.287 e. The van der Waals surface area contributed by atoms with Crippen molar-refractivity contribution in [3.05, 3.63) is 11.9 Å². The molecule has 0 unspecified atom stereocenters. The molecule has 4 rings (SSSR count). The summed E-state index contributed by atoms with van der Waals surface area (Å²) >= 11 is 0. The van der Waals surface area contributed by atoms with Crippen LogP contribution in [0.5, 0.6) is 0 Å². The van der Waals surface area contributed by atoms with Crippen LogP contribution in [0, 0.1) is 11.8 Å². The van der Waals surface area contributed by atoms with Gasteiger partial charge in [-0.15, -0.1) is 5.10 Å². The number of carbonyl (C=O) groups is 4. The van der Waals surface area contributed by atoms with Crippen LogP contribution in [0.3, 0.4) is 0 Å². The predicted molar refractivity (Wildman–Crippen MR) is 140 cm³/mol. The Labute approximate surface area is 229 Å². The summed E-state index contributed by atoms with van der Waals surface area (Å²) in [7, 11) is 0. The van der Waals surface area contributed by atoms with Crippen molar-refractivity contribution in [1.29, 1.82) is 0 Å². The van der Waals surface area contributed by atoms with Gasteiger partial charge in [-0.1, -0.05) is 44.2 Å². The average molecular weight is 547 g/mol. The van der Waals surface area contributed by atoms with Gasteiger partial charge in [-0.25, -0.2) is 4.68 Å². The van der Waals surface area contributed by atoms with Crippen LogP contribution < -0.4 is 11.1 Å². The van der Waals surface area contributed by atoms with E-state index in [0.717, 1.165) is 19.3 Å². The highest BCUT2D eigenvalue weighted by atomic mass is 16.5. The Bertz CT molecular complexity index is 1070. The molecule has 1 aromatic rings. The first kappa shape index (κ1) is 29.1. The Hall–Kier alpha value is -2.86. The van der Waals surface area contributed by atoms with E-state index >= 15 is 0 Å². The number of primary amides is 1. The summed E-state index contributed by atoms with van der Waals surface area (Å²) in [5.41, 5.74) is 3.12. The standard InChI is InChI=1S/C27H42N6O6/c1-17(13-18-7-5-4-6-8-18)25(37)32-16-19(33-21(15-29-31-33)26(2,3)38)14-20(32)24(36)30-27(22(34)23(28)35)9-11-39-12-10-27/h15,17-20,38H,4-14,16H2,1-3H3,(H2,28,35)(H,30,36)/t17-,19+,20+/m1/s1. The fraction of sp³-hybridized carbons (Fsp3) is 0.778. The largest absolute Gasteiger partial charge is 0.384 e. The molecule has 3 fully saturated rings. The van der Waals surface area contributed by atoms with Crippen LogP contribution >= 0.6 is 0 Å². The van der Waals surface area contributed by atoms with Crippen molar-refractivity contribution in [2.75, 3.05) is 19.8 Å². The third-order valence-corrected chi connectivity index (χ3v) is 8.61. The number of likely N-dealkylation sites (tertiary alicyclic amines) is 1. The predicted octanol–water partition coefficient (Wildman–Crippen LogP) is 0.974. The molecule has 0 bridgehead atoms. The Balaban J connectivity index is 1.60. The molecule has 2 saturated heterocycles. The second-order valence-corrected chi connectivity index (χ2v) is 12.0. The number of aromatic nitrogens is 3. The van der Waals surface area contributed by atoms with Crippen LogP contribution in [0.2, 0.25) is 0 Å². The summed E-state index contributed by atoms with van der Waals surface area (Å²) in [5, 5.41) is 21.6. The van der Waals surface area contributed by atoms with E-state index in [1.807, 2.05) is 6.92 Å². The number of nitrogens with two attached hydrogens (primary N) is 1. The normalized spacial score (nSPS) is 24.8. The van der Waals surface area contributed by atoms with Gasteiger partial charge in [-0.05, 0) is 26.2 Å². The number of hydrogen-bond donors (Lipinski definition) is 3. The van der Waals surface area contributed by atoms with Crippen molar-refractivity contribution >= 4 is 23.5 Å². The summed E-state index contributed by atoms with van der Waals surface area (Å²) in [6.45, 7) is 5.76. The van der Waals surface area contributed by atoms with Crippen LogP contribution in [0.15, 0.2) is 6.20 Å². The van der Waals surface area contributed by atoms with E-state index in [1.54, 1.807) is 23.4 Å². The third kappa shape index (κ3) is 6.32. The monoisotopic (exact) mass is 546 g/mol. The fourth-order valence-corrected chi connectivity index (χ4v) is 6.42. The van der Waals surface area contributed by atoms with E-state index in [2.05, 4.69) is 15.6 Å². The smallest absolute Gasteiger partial charge is 0.287 e. The van der Waals surface area contributed by atoms with E-state index in [1.165, 1.54) is 25.5 Å². The molecular weight excluding hydrogens is 504 g/mol. The van der Waals surface area contributed by atoms with Gasteiger partial charge in [0.25, 0.3) is 5.91 Å². The fourth-order valence-electron chi connectivity index (χ4n) is 6.42. The molecule has 39 heavy (non-hydrogen) atoms. The SMILES string of the molecule is C[C@H](CC1CCCCC1)C(=O)N1C[C@@H](n2nncc2C(C)(C)O)C[C@H]1C(=O)NC1(C(=O)C(N)=O)CCOCC1. The molecule has 3 atom stereocenters. The van der Waals surface area contributed by atoms with Gasteiger partial charge in [0.15, 0.2) is 0 Å². The van der Waals surface area contributed by atoms with E-state index in [4.69, 9.17) is 10.5 Å². The van der Waals surface area contributed by atoms with Gasteiger partial charge in [0.1, 0.15) is 17.2 Å². The highest BCUT2D eigenvalue weighted by Crippen LogP contribution is 2.35. The lowest BCUT2D eigenvalue weighted by atomic mass is 9.83. The molecule has 1 aromatic heterocycles. The molecule has 0 spiro atoms. The van der Waals surface area contributed by atoms with Crippen molar-refractivity contribution in [3.8, 4) is 0 Å². The first-order chi connectivity index (χ1) is 18.4. The van der Waals surface area contributed by atoms with Gasteiger partial charge in [-0.2, -0.15) is 0 Å². The lowest BCUT2D eigenvalue weighted by Crippen LogP contribution is -2.63. The molecule has 1 aliphatic carbocycles. The maximum atomic E-state index is 13.8. The van der Waals surface area contributed by atoms with Crippen LogP contribution in [0.25, 0.3) is 0 Å². The molecular formula is C27H42N6O6. The zero-order valence-corrected chi connectivity index (χ0v) is 23.2. The van der Waals surface area contributed by atoms with Crippen LogP contribution in [-0.4, -0.2) is 79.8 Å². The van der Waals surface area contributed by atoms with Crippen molar-refractivity contribution in [2.45, 2.75) is 102 Å². The van der Waals surface area contributed by atoms with Crippen molar-refractivity contribution in [2.24, 2.45) is 17.6 Å². The first-order valence-electron chi connectivity index (χ1n) is 14.1. The molecule has 4 N–H and O–H groups in total. The second kappa shape index (κ2) is 11.7. The maximum absolute atomic E-state index is 13.8. The van der Waals surface area contributed by atoms with Crippen molar-refractivity contribution < 1.29 is 29.0 Å². The molecule has 216 valence electrons. The van der Waals surface area contributed by atoms with Gasteiger partial charge in [0.05, 0.1) is 17.9 Å². The van der Waals surface area contributed by atoms with Crippen LogP contribution in [0.1, 0.15) is 90.3 Å². The number of nitrogens with one attached hydrogen (secondary N) is 1. The molecule has 0 radical (unpaired) electrons. The molecule has 3 amide bonds. The number of carbonyl (C=O) groups excluding carboxylic acids is 4. The Kier molecular flexibility index (Phi) is 8.75. The minimum Gasteiger partial charge on any atom is -0.384 e. The number of Topliss-reactive ketones (excluding diaryl/α,β-unsaturated/α-hetero) is 1. The van der Waals surface area contributed by atoms with Crippen LogP contribution in [0.4, 0.5) is 0 Å². The highest BCUT2D eigenvalue weighted by Gasteiger charge is 2.49. The molecule has 0 aromatic carbocycles. The van der Waals surface area contributed by atoms with E-state index < -0.39 is 40.8 Å². The van der Waals surface area contributed by atoms with Crippen molar-refractivity contribution in [3.63, 3.8) is 0 Å². The Morgan fingerprint density at radius 2 is 1.87 bits per heavy atom. The molecule has 3 heterocycles. The van der Waals surface area contributed by atoms with Crippen LogP contribution in [-0.2, 0) is 29.5 Å². The van der Waals surface area contributed by atoms with E-state index in [0.29, 0.717) is 11.6 Å². The molecule has 2 aliphatic heterocycles. The van der Waals surface area contributed by atoms with Crippen molar-refractivity contribution in [1.82, 2.24) is 25.2 Å². The Morgan fingerprint density at radius 1 is 1.21 bits per heavy atom. The minimum atomic E-state index is -1.47. The lowest BCUT2D eigenvalue weighted by Gasteiger charge is -2.37. The van der Waals surface area contributed by atoms with Gasteiger partial charge >= 0.3 is 0 Å². The number of rotatable bonds is 9. The van der Waals surface area contributed by atoms with Gasteiger partial charge in [0, 0.05) is 44.9 Å². The number of nitrogens with zero attached hydrogens (tertiary/aromatic N) is 4. The number of aliphatic hydroxyl groups is 1. The molecule has 12 nitrogen and oxygen atoms in total. The average Bonchev–Trinajstić information content (AvgIpc) is 3.56. The van der Waals surface area contributed by atoms with Gasteiger partial charge in [-0.3, -0.25) is 19.2 Å². The number of hydrogen-bond acceptors (Lipinski definition) is 8. The molecule has 12 heteroatoms. The van der Waals surface area contributed by atoms with Gasteiger partial charge in [0.2, 0.25) is 17.6 Å². The molecule has 3 aliphatic rings. The number of amides is 3. The third-order valence-electron chi connectivity index (χ3n) is 8.61. The second-order valence-electron chi connectivity index (χ2n) is 12.0. The highest BCUT2D eigenvalue weighted by molar-refractivity contribution is 6.39. The summed E-state index contributed by atoms with van der Waals surface area (Å²) in [6.07, 6.45) is 8.49. The molecule has 1 saturated carbocycles. The van der Waals surface area contributed by atoms with E-state index in [-0.39, 0.29) is 50.8 Å². The summed E-state index contributed by atoms with van der Waals surface area (Å²) < 4.78 is 6.95. The zero-order valence-electron chi connectivity index (χ0n) is 23.2. The first-order valence-corrected chi connectivity index (χ1v) is 14.1. The summed E-state index contributed by atoms with van der Waals surface area (Å²) in [4.78, 5) is 54.0. The number of ether oxygens (including phenoxy) is 1. The lowest BCUT2D eigenvalue weighted by molar-refractivity contribution is -0.147. The summed E-state index contributed by atoms with van der Waals surface area (Å²) in [6, 6.07) is -1.30. The Morgan fingerprint density at radius 3 is 2.49 bits per heavy atom. The topological polar surface area (TPSA) is 170 Å².